The number of carbonyl (C=O) groups excluding carboxylic acids is 3. The van der Waals surface area contributed by atoms with Crippen LogP contribution in [0.15, 0.2) is 12.2 Å². The van der Waals surface area contributed by atoms with Crippen LogP contribution in [0.4, 0.5) is 9.59 Å². The van der Waals surface area contributed by atoms with Crippen molar-refractivity contribution >= 4 is 18.1 Å². The number of rotatable bonds is 8. The standard InChI is InChI=1S/C21H38N3O3.C4H10O.C3H8.C2H5NO2.W/c1-15(2)17(25)27-10-9-24(19(3,4)5)18(26)23-16-11-20(6,7)13-21(8,12-16)14-22;1-2-3-4-5;1-3-2;1-5-2(3)4;/h16,22H,1,9-14H2,2-8H3,(H,23,26);5H,2-4H2,1H3;3H2,1-2H3;1H3,(H2,3,4);/q-1;;;;. The molecule has 2 atom stereocenters. The largest absolute Gasteiger partial charge is 0.677 e. The average molecular weight is 758 g/mol. The minimum absolute atomic E-state index is 0. The number of hydrogen-bond donors (Lipinski definition) is 3. The van der Waals surface area contributed by atoms with Gasteiger partial charge >= 0.3 is 18.1 Å². The maximum atomic E-state index is 13.0. The second-order valence-electron chi connectivity index (χ2n) is 12.4. The second-order valence-corrected chi connectivity index (χ2v) is 12.4. The molecule has 0 aliphatic heterocycles. The van der Waals surface area contributed by atoms with Gasteiger partial charge in [-0.1, -0.05) is 61.0 Å². The van der Waals surface area contributed by atoms with Crippen molar-refractivity contribution in [3.63, 3.8) is 0 Å². The molecule has 0 aromatic rings. The summed E-state index contributed by atoms with van der Waals surface area (Å²) in [4.78, 5) is 35.6. The third kappa shape index (κ3) is 24.6. The molecule has 2 unspecified atom stereocenters. The number of nitrogens with zero attached hydrogens (tertiary/aromatic N) is 1. The number of esters is 1. The summed E-state index contributed by atoms with van der Waals surface area (Å²) in [7, 11) is 1.22. The van der Waals surface area contributed by atoms with Gasteiger partial charge in [0.05, 0.1) is 13.7 Å². The molecule has 1 aliphatic rings. The summed E-state index contributed by atoms with van der Waals surface area (Å²) in [5.41, 5.74) is 12.3. The Labute approximate surface area is 265 Å². The molecule has 1 rings (SSSR count). The Morgan fingerprint density at radius 3 is 1.95 bits per heavy atom. The van der Waals surface area contributed by atoms with E-state index in [1.165, 1.54) is 13.5 Å². The minimum atomic E-state index is -0.745. The summed E-state index contributed by atoms with van der Waals surface area (Å²) in [5, 5.41) is 11.2. The van der Waals surface area contributed by atoms with E-state index in [2.05, 4.69) is 63.9 Å². The van der Waals surface area contributed by atoms with Gasteiger partial charge in [-0.3, -0.25) is 0 Å². The predicted molar refractivity (Wildman–Crippen MR) is 164 cm³/mol. The molecule has 1 fully saturated rings. The van der Waals surface area contributed by atoms with Gasteiger partial charge in [-0.25, -0.2) is 14.4 Å². The SMILES string of the molecule is C=C(C)C(=O)OCCN(C(=O)NC1CC(C)(C)CC(C)(C[NH-])C1)C(C)(C)C.CCC.CCCCO.COC(N)=O.[W]. The number of primary amides is 1. The van der Waals surface area contributed by atoms with Crippen molar-refractivity contribution in [1.29, 1.82) is 0 Å². The van der Waals surface area contributed by atoms with Crippen LogP contribution < -0.4 is 11.1 Å². The van der Waals surface area contributed by atoms with Crippen LogP contribution in [0.5, 0.6) is 0 Å². The van der Waals surface area contributed by atoms with Gasteiger partial charge in [-0.05, 0) is 64.2 Å². The van der Waals surface area contributed by atoms with Gasteiger partial charge in [0.2, 0.25) is 0 Å². The van der Waals surface area contributed by atoms with E-state index < -0.39 is 17.6 Å². The van der Waals surface area contributed by atoms with Crippen LogP contribution >= 0.6 is 0 Å². The summed E-state index contributed by atoms with van der Waals surface area (Å²) in [6.07, 6.45) is 5.25. The molecule has 0 radical (unpaired) electrons. The summed E-state index contributed by atoms with van der Waals surface area (Å²) >= 11 is 0. The Bertz CT molecular complexity index is 741. The molecule has 1 aliphatic carbocycles. The molecule has 0 aromatic carbocycles. The second kappa shape index (κ2) is 23.9. The van der Waals surface area contributed by atoms with Gasteiger partial charge in [-0.2, -0.15) is 0 Å². The number of amides is 3. The van der Waals surface area contributed by atoms with Gasteiger partial charge in [0, 0.05) is 44.8 Å². The Morgan fingerprint density at radius 2 is 1.63 bits per heavy atom. The van der Waals surface area contributed by atoms with E-state index in [4.69, 9.17) is 15.6 Å². The molecule has 11 heteroatoms. The van der Waals surface area contributed by atoms with Crippen molar-refractivity contribution in [3.05, 3.63) is 17.9 Å². The minimum Gasteiger partial charge on any atom is -0.677 e. The van der Waals surface area contributed by atoms with E-state index in [0.717, 1.165) is 32.1 Å². The van der Waals surface area contributed by atoms with Crippen LogP contribution in [-0.4, -0.2) is 73.1 Å². The van der Waals surface area contributed by atoms with Crippen LogP contribution in [0, 0.1) is 10.8 Å². The Hall–Kier alpha value is -1.64. The number of nitrogens with one attached hydrogen (secondary N) is 2. The van der Waals surface area contributed by atoms with E-state index in [0.29, 0.717) is 25.3 Å². The first-order chi connectivity index (χ1) is 18.3. The third-order valence-electron chi connectivity index (χ3n) is 5.86. The quantitative estimate of drug-likeness (QED) is 0.191. The number of carbonyl (C=O) groups is 3. The van der Waals surface area contributed by atoms with E-state index in [9.17, 15) is 14.4 Å². The number of ether oxygens (including phenoxy) is 2. The van der Waals surface area contributed by atoms with E-state index in [1.807, 2.05) is 20.8 Å². The molecule has 244 valence electrons. The van der Waals surface area contributed by atoms with Crippen molar-refractivity contribution in [2.24, 2.45) is 16.6 Å². The van der Waals surface area contributed by atoms with Crippen molar-refractivity contribution in [1.82, 2.24) is 10.2 Å². The molecule has 0 aromatic heterocycles. The van der Waals surface area contributed by atoms with Gasteiger partial charge in [0.15, 0.2) is 0 Å². The molecule has 0 saturated heterocycles. The van der Waals surface area contributed by atoms with Gasteiger partial charge in [0.1, 0.15) is 6.61 Å². The number of aliphatic hydroxyl groups excluding tert-OH is 1. The van der Waals surface area contributed by atoms with E-state index in [-0.39, 0.29) is 50.6 Å². The Balaban J connectivity index is -0.000000408. The smallest absolute Gasteiger partial charge is 0.404 e. The van der Waals surface area contributed by atoms with Crippen LogP contribution in [0.3, 0.4) is 0 Å². The number of unbranched alkanes of at least 4 members (excludes halogenated alkanes) is 1. The fourth-order valence-corrected chi connectivity index (χ4v) is 4.38. The fourth-order valence-electron chi connectivity index (χ4n) is 4.38. The first-order valence-electron chi connectivity index (χ1n) is 14.3. The summed E-state index contributed by atoms with van der Waals surface area (Å²) in [5.74, 6) is -0.440. The number of nitrogens with two attached hydrogens (primary N) is 1. The zero-order valence-electron chi connectivity index (χ0n) is 27.8. The van der Waals surface area contributed by atoms with E-state index in [1.54, 1.807) is 11.8 Å². The van der Waals surface area contributed by atoms with Gasteiger partial charge in [-0.15, -0.1) is 6.54 Å². The summed E-state index contributed by atoms with van der Waals surface area (Å²) < 4.78 is 9.06. The zero-order chi connectivity index (χ0) is 32.2. The predicted octanol–water partition coefficient (Wildman–Crippen LogP) is 6.46. The molecule has 3 amide bonds. The molecule has 41 heavy (non-hydrogen) atoms. The average Bonchev–Trinajstić information content (AvgIpc) is 2.81. The normalized spacial score (nSPS) is 18.6. The van der Waals surface area contributed by atoms with Crippen LogP contribution in [0.2, 0.25) is 0 Å². The molecule has 0 heterocycles. The van der Waals surface area contributed by atoms with E-state index >= 15 is 0 Å². The maximum absolute atomic E-state index is 13.0. The molecule has 1 saturated carbocycles. The summed E-state index contributed by atoms with van der Waals surface area (Å²) in [6, 6.07) is -0.108. The molecule has 0 spiro atoms. The molecular weight excluding hydrogens is 696 g/mol. The van der Waals surface area contributed by atoms with Crippen molar-refractivity contribution in [3.8, 4) is 0 Å². The zero-order valence-corrected chi connectivity index (χ0v) is 30.7. The molecular formula is C30H61N4O6W-. The maximum Gasteiger partial charge on any atom is 0.404 e. The van der Waals surface area contributed by atoms with Crippen LogP contribution in [-0.2, 0) is 35.3 Å². The first kappa shape index (κ1) is 46.3. The van der Waals surface area contributed by atoms with Gasteiger partial charge < -0.3 is 36.3 Å². The van der Waals surface area contributed by atoms with Crippen LogP contribution in [0.1, 0.15) is 108 Å². The van der Waals surface area contributed by atoms with Gasteiger partial charge in [0.25, 0.3) is 0 Å². The van der Waals surface area contributed by atoms with Crippen LogP contribution in [0.25, 0.3) is 5.73 Å². The number of aliphatic hydroxyl groups is 1. The Morgan fingerprint density at radius 1 is 1.15 bits per heavy atom. The molecule has 10 nitrogen and oxygen atoms in total. The third-order valence-corrected chi connectivity index (χ3v) is 5.86. The van der Waals surface area contributed by atoms with Crippen molar-refractivity contribution in [2.45, 2.75) is 119 Å². The first-order valence-corrected chi connectivity index (χ1v) is 14.3. The van der Waals surface area contributed by atoms with Crippen molar-refractivity contribution < 1.29 is 50.0 Å². The Kier molecular flexibility index (Phi) is 27.0. The number of methoxy groups -OCH3 is 1. The fraction of sp³-hybridized carbons (Fsp3) is 0.833. The monoisotopic (exact) mass is 757 g/mol. The number of urea groups is 1. The molecule has 5 N–H and O–H groups in total. The number of hydrogen-bond acceptors (Lipinski definition) is 6. The van der Waals surface area contributed by atoms with Crippen molar-refractivity contribution in [2.75, 3.05) is 33.4 Å². The topological polar surface area (TPSA) is 155 Å². The summed E-state index contributed by atoms with van der Waals surface area (Å²) in [6.45, 7) is 25.1. The molecule has 0 bridgehead atoms.